The van der Waals surface area contributed by atoms with Crippen LogP contribution in [0.5, 0.6) is 0 Å². The Bertz CT molecular complexity index is 189. The molecule has 0 amide bonds. The van der Waals surface area contributed by atoms with Crippen molar-refractivity contribution in [2.75, 3.05) is 20.1 Å². The van der Waals surface area contributed by atoms with Gasteiger partial charge in [-0.05, 0) is 25.4 Å². The van der Waals surface area contributed by atoms with Gasteiger partial charge < -0.3 is 10.0 Å². The summed E-state index contributed by atoms with van der Waals surface area (Å²) < 4.78 is 0. The zero-order valence-corrected chi connectivity index (χ0v) is 8.00. The van der Waals surface area contributed by atoms with E-state index in [2.05, 4.69) is 4.90 Å². The van der Waals surface area contributed by atoms with E-state index in [1.54, 1.807) is 0 Å². The van der Waals surface area contributed by atoms with Gasteiger partial charge in [0.1, 0.15) is 0 Å². The van der Waals surface area contributed by atoms with Crippen LogP contribution >= 0.6 is 0 Å². The first-order chi connectivity index (χ1) is 5.43. The molecular formula is C9H17NO2. The van der Waals surface area contributed by atoms with E-state index in [1.165, 1.54) is 0 Å². The summed E-state index contributed by atoms with van der Waals surface area (Å²) in [6.07, 6.45) is 0.973. The van der Waals surface area contributed by atoms with Gasteiger partial charge in [-0.3, -0.25) is 4.79 Å². The van der Waals surface area contributed by atoms with Crippen LogP contribution in [0.15, 0.2) is 0 Å². The van der Waals surface area contributed by atoms with Crippen molar-refractivity contribution in [1.29, 1.82) is 0 Å². The maximum Gasteiger partial charge on any atom is 0.308 e. The highest BCUT2D eigenvalue weighted by molar-refractivity contribution is 5.71. The topological polar surface area (TPSA) is 40.5 Å². The summed E-state index contributed by atoms with van der Waals surface area (Å²) >= 11 is 0. The molecule has 0 aromatic rings. The highest BCUT2D eigenvalue weighted by Crippen LogP contribution is 2.34. The lowest BCUT2D eigenvalue weighted by Crippen LogP contribution is -2.46. The molecule has 1 fully saturated rings. The molecule has 1 saturated heterocycles. The number of aliphatic carboxylic acids is 1. The van der Waals surface area contributed by atoms with Crippen LogP contribution in [0, 0.1) is 11.3 Å². The SMILES string of the molecule is CN1CCC(C)(C)C(C(=O)O)C1. The van der Waals surface area contributed by atoms with Crippen molar-refractivity contribution >= 4 is 5.97 Å². The van der Waals surface area contributed by atoms with Crippen molar-refractivity contribution in [3.8, 4) is 0 Å². The Morgan fingerprint density at radius 3 is 2.58 bits per heavy atom. The first kappa shape index (κ1) is 9.52. The van der Waals surface area contributed by atoms with Crippen molar-refractivity contribution < 1.29 is 9.90 Å². The predicted molar refractivity (Wildman–Crippen MR) is 47.0 cm³/mol. The third-order valence-corrected chi connectivity index (χ3v) is 2.87. The highest BCUT2D eigenvalue weighted by atomic mass is 16.4. The highest BCUT2D eigenvalue weighted by Gasteiger charge is 2.38. The van der Waals surface area contributed by atoms with Crippen LogP contribution in [0.4, 0.5) is 0 Å². The molecule has 1 aliphatic heterocycles. The van der Waals surface area contributed by atoms with Crippen LogP contribution in [0.1, 0.15) is 20.3 Å². The second kappa shape index (κ2) is 3.05. The Morgan fingerprint density at radius 2 is 2.17 bits per heavy atom. The number of rotatable bonds is 1. The lowest BCUT2D eigenvalue weighted by atomic mass is 9.73. The van der Waals surface area contributed by atoms with Gasteiger partial charge >= 0.3 is 5.97 Å². The molecule has 0 bridgehead atoms. The van der Waals surface area contributed by atoms with E-state index in [9.17, 15) is 4.79 Å². The maximum atomic E-state index is 10.9. The normalized spacial score (nSPS) is 30.1. The van der Waals surface area contributed by atoms with Crippen LogP contribution in [0.25, 0.3) is 0 Å². The van der Waals surface area contributed by atoms with Crippen LogP contribution in [-0.2, 0) is 4.79 Å². The van der Waals surface area contributed by atoms with Gasteiger partial charge in [-0.2, -0.15) is 0 Å². The summed E-state index contributed by atoms with van der Waals surface area (Å²) in [7, 11) is 1.98. The van der Waals surface area contributed by atoms with E-state index >= 15 is 0 Å². The van der Waals surface area contributed by atoms with Gasteiger partial charge in [0.15, 0.2) is 0 Å². The Hall–Kier alpha value is -0.570. The third kappa shape index (κ3) is 1.78. The fourth-order valence-corrected chi connectivity index (χ4v) is 1.72. The fraction of sp³-hybridized carbons (Fsp3) is 0.889. The Labute approximate surface area is 73.4 Å². The number of carboxylic acid groups (broad SMARTS) is 1. The quantitative estimate of drug-likeness (QED) is 0.641. The zero-order chi connectivity index (χ0) is 9.35. The summed E-state index contributed by atoms with van der Waals surface area (Å²) in [5.41, 5.74) is -0.0433. The van der Waals surface area contributed by atoms with Gasteiger partial charge in [-0.25, -0.2) is 0 Å². The first-order valence-electron chi connectivity index (χ1n) is 4.35. The van der Waals surface area contributed by atoms with Crippen molar-refractivity contribution in [3.63, 3.8) is 0 Å². The summed E-state index contributed by atoms with van der Waals surface area (Å²) in [6.45, 7) is 5.77. The van der Waals surface area contributed by atoms with Crippen LogP contribution < -0.4 is 0 Å². The molecule has 1 aliphatic rings. The van der Waals surface area contributed by atoms with Crippen molar-refractivity contribution in [1.82, 2.24) is 4.90 Å². The lowest BCUT2D eigenvalue weighted by molar-refractivity contribution is -0.148. The summed E-state index contributed by atoms with van der Waals surface area (Å²) in [6, 6.07) is 0. The zero-order valence-electron chi connectivity index (χ0n) is 8.00. The molecule has 70 valence electrons. The van der Waals surface area contributed by atoms with E-state index in [4.69, 9.17) is 5.11 Å². The number of likely N-dealkylation sites (tertiary alicyclic amines) is 1. The van der Waals surface area contributed by atoms with Crippen LogP contribution in [-0.4, -0.2) is 36.1 Å². The number of hydrogen-bond donors (Lipinski definition) is 1. The van der Waals surface area contributed by atoms with E-state index < -0.39 is 5.97 Å². The van der Waals surface area contributed by atoms with Gasteiger partial charge in [0, 0.05) is 6.54 Å². The van der Waals surface area contributed by atoms with Crippen LogP contribution in [0.2, 0.25) is 0 Å². The van der Waals surface area contributed by atoms with Crippen molar-refractivity contribution in [3.05, 3.63) is 0 Å². The largest absolute Gasteiger partial charge is 0.481 e. The third-order valence-electron chi connectivity index (χ3n) is 2.87. The molecule has 1 unspecified atom stereocenters. The molecule has 12 heavy (non-hydrogen) atoms. The van der Waals surface area contributed by atoms with Crippen LogP contribution in [0.3, 0.4) is 0 Å². The molecule has 0 aromatic heterocycles. The molecule has 1 atom stereocenters. The molecule has 0 aliphatic carbocycles. The average molecular weight is 171 g/mol. The second-order valence-electron chi connectivity index (χ2n) is 4.39. The van der Waals surface area contributed by atoms with Gasteiger partial charge in [0.05, 0.1) is 5.92 Å². The number of carboxylic acids is 1. The Morgan fingerprint density at radius 1 is 1.58 bits per heavy atom. The second-order valence-corrected chi connectivity index (χ2v) is 4.39. The van der Waals surface area contributed by atoms with Gasteiger partial charge in [-0.1, -0.05) is 13.8 Å². The van der Waals surface area contributed by atoms with E-state index in [0.717, 1.165) is 13.0 Å². The molecule has 1 N–H and O–H groups in total. The standard InChI is InChI=1S/C9H17NO2/c1-9(2)4-5-10(3)6-7(9)8(11)12/h7H,4-6H2,1-3H3,(H,11,12). The minimum Gasteiger partial charge on any atom is -0.481 e. The number of piperidine rings is 1. The van der Waals surface area contributed by atoms with Gasteiger partial charge in [-0.15, -0.1) is 0 Å². The molecule has 0 spiro atoms. The molecule has 0 radical (unpaired) electrons. The summed E-state index contributed by atoms with van der Waals surface area (Å²) in [4.78, 5) is 13.0. The summed E-state index contributed by atoms with van der Waals surface area (Å²) in [5, 5.41) is 8.96. The minimum atomic E-state index is -0.661. The monoisotopic (exact) mass is 171 g/mol. The molecule has 1 rings (SSSR count). The lowest BCUT2D eigenvalue weighted by Gasteiger charge is -2.40. The number of nitrogens with zero attached hydrogens (tertiary/aromatic N) is 1. The number of carbonyl (C=O) groups is 1. The average Bonchev–Trinajstić information content (AvgIpc) is 1.94. The molecule has 3 heteroatoms. The predicted octanol–water partition coefficient (Wildman–Crippen LogP) is 1.05. The molecule has 3 nitrogen and oxygen atoms in total. The fourth-order valence-electron chi connectivity index (χ4n) is 1.72. The van der Waals surface area contributed by atoms with Crippen molar-refractivity contribution in [2.45, 2.75) is 20.3 Å². The van der Waals surface area contributed by atoms with E-state index in [1.807, 2.05) is 20.9 Å². The molecule has 0 aromatic carbocycles. The Kier molecular flexibility index (Phi) is 2.42. The minimum absolute atomic E-state index is 0.0433. The molecular weight excluding hydrogens is 154 g/mol. The molecule has 1 heterocycles. The van der Waals surface area contributed by atoms with Crippen molar-refractivity contribution in [2.24, 2.45) is 11.3 Å². The van der Waals surface area contributed by atoms with E-state index in [0.29, 0.717) is 6.54 Å². The maximum absolute atomic E-state index is 10.9. The van der Waals surface area contributed by atoms with Gasteiger partial charge in [0.25, 0.3) is 0 Å². The molecule has 0 saturated carbocycles. The summed E-state index contributed by atoms with van der Waals surface area (Å²) in [5.74, 6) is -0.872. The Balaban J connectivity index is 2.72. The van der Waals surface area contributed by atoms with Gasteiger partial charge in [0.2, 0.25) is 0 Å². The number of hydrogen-bond acceptors (Lipinski definition) is 2. The smallest absolute Gasteiger partial charge is 0.308 e. The first-order valence-corrected chi connectivity index (χ1v) is 4.35. The van der Waals surface area contributed by atoms with E-state index in [-0.39, 0.29) is 11.3 Å².